The Morgan fingerprint density at radius 1 is 1.58 bits per heavy atom. The van der Waals surface area contributed by atoms with Crippen LogP contribution in [0.15, 0.2) is 18.2 Å². The zero-order chi connectivity index (χ0) is 14.0. The van der Waals surface area contributed by atoms with Crippen molar-refractivity contribution >= 4 is 34.2 Å². The van der Waals surface area contributed by atoms with E-state index in [1.165, 1.54) is 18.7 Å². The van der Waals surface area contributed by atoms with Gasteiger partial charge in [0.25, 0.3) is 0 Å². The molecule has 1 fully saturated rings. The monoisotopic (exact) mass is 275 g/mol. The number of benzene rings is 1. The summed E-state index contributed by atoms with van der Waals surface area (Å²) in [5, 5.41) is 8.84. The molecule has 1 saturated heterocycles. The maximum atomic E-state index is 12.0. The van der Waals surface area contributed by atoms with Crippen LogP contribution in [0.3, 0.4) is 0 Å². The first kappa shape index (κ1) is 13.4. The number of thioether (sulfide) groups is 1. The molecule has 0 spiro atoms. The van der Waals surface area contributed by atoms with Crippen LogP contribution >= 0.6 is 11.8 Å². The third-order valence-corrected chi connectivity index (χ3v) is 3.85. The highest BCUT2D eigenvalue weighted by atomic mass is 32.2. The van der Waals surface area contributed by atoms with Gasteiger partial charge in [0.15, 0.2) is 5.12 Å². The predicted octanol–water partition coefficient (Wildman–Crippen LogP) is 1.53. The van der Waals surface area contributed by atoms with Crippen LogP contribution < -0.4 is 10.6 Å². The molecule has 1 aromatic carbocycles. The van der Waals surface area contributed by atoms with Crippen LogP contribution in [0.2, 0.25) is 0 Å². The summed E-state index contributed by atoms with van der Waals surface area (Å²) in [6, 6.07) is 6.86. The minimum Gasteiger partial charge on any atom is -0.397 e. The molecule has 1 heterocycles. The van der Waals surface area contributed by atoms with E-state index in [1.807, 2.05) is 6.07 Å². The molecule has 1 aromatic rings. The van der Waals surface area contributed by atoms with E-state index in [0.29, 0.717) is 29.9 Å². The number of carbonyl (C=O) groups is 2. The van der Waals surface area contributed by atoms with E-state index in [9.17, 15) is 9.59 Å². The smallest absolute Gasteiger partial charge is 0.228 e. The van der Waals surface area contributed by atoms with Crippen molar-refractivity contribution in [3.8, 4) is 6.07 Å². The molecule has 0 bridgehead atoms. The molecule has 1 aliphatic heterocycles. The van der Waals surface area contributed by atoms with E-state index in [1.54, 1.807) is 23.1 Å². The molecule has 2 rings (SSSR count). The molecule has 98 valence electrons. The van der Waals surface area contributed by atoms with Gasteiger partial charge < -0.3 is 10.6 Å². The summed E-state index contributed by atoms with van der Waals surface area (Å²) in [6.45, 7) is 1.94. The Morgan fingerprint density at radius 2 is 2.32 bits per heavy atom. The van der Waals surface area contributed by atoms with Gasteiger partial charge in [-0.3, -0.25) is 9.59 Å². The second kappa shape index (κ2) is 5.33. The minimum atomic E-state index is -0.0689. The molecule has 6 heteroatoms. The lowest BCUT2D eigenvalue weighted by molar-refractivity contribution is -0.117. The lowest BCUT2D eigenvalue weighted by Gasteiger charge is -2.18. The van der Waals surface area contributed by atoms with Gasteiger partial charge >= 0.3 is 0 Å². The number of hydrogen-bond donors (Lipinski definition) is 1. The number of hydrogen-bond acceptors (Lipinski definition) is 5. The van der Waals surface area contributed by atoms with E-state index >= 15 is 0 Å². The first-order chi connectivity index (χ1) is 9.01. The Labute approximate surface area is 115 Å². The van der Waals surface area contributed by atoms with Gasteiger partial charge in [0.1, 0.15) is 0 Å². The minimum absolute atomic E-state index is 0.00148. The first-order valence-corrected chi connectivity index (χ1v) is 6.66. The standard InChI is InChI=1S/C13H13N3O2S/c1-8(17)19-10-5-13(18)16(7-10)12-4-9(6-14)2-3-11(12)15/h2-4,10H,5,7,15H2,1H3. The molecule has 0 aliphatic carbocycles. The molecule has 5 nitrogen and oxygen atoms in total. The van der Waals surface area contributed by atoms with Gasteiger partial charge in [-0.25, -0.2) is 0 Å². The molecule has 1 amide bonds. The van der Waals surface area contributed by atoms with Crippen LogP contribution in [0.4, 0.5) is 11.4 Å². The Balaban J connectivity index is 2.25. The topological polar surface area (TPSA) is 87.2 Å². The molecule has 1 atom stereocenters. The largest absolute Gasteiger partial charge is 0.397 e. The lowest BCUT2D eigenvalue weighted by Crippen LogP contribution is -2.26. The van der Waals surface area contributed by atoms with Crippen LogP contribution in [0.5, 0.6) is 0 Å². The summed E-state index contributed by atoms with van der Waals surface area (Å²) >= 11 is 1.17. The van der Waals surface area contributed by atoms with E-state index in [0.717, 1.165) is 0 Å². The summed E-state index contributed by atoms with van der Waals surface area (Å²) in [5.74, 6) is -0.0689. The second-order valence-electron chi connectivity index (χ2n) is 4.33. The molecular weight excluding hydrogens is 262 g/mol. The van der Waals surface area contributed by atoms with Crippen LogP contribution in [0.25, 0.3) is 0 Å². The number of carbonyl (C=O) groups excluding carboxylic acids is 2. The average molecular weight is 275 g/mol. The molecule has 0 saturated carbocycles. The van der Waals surface area contributed by atoms with Gasteiger partial charge in [-0.15, -0.1) is 0 Å². The molecule has 1 aliphatic rings. The number of anilines is 2. The zero-order valence-electron chi connectivity index (χ0n) is 10.4. The van der Waals surface area contributed by atoms with Gasteiger partial charge in [0, 0.05) is 25.1 Å². The highest BCUT2D eigenvalue weighted by Gasteiger charge is 2.32. The van der Waals surface area contributed by atoms with Gasteiger partial charge in [0.2, 0.25) is 5.91 Å². The maximum Gasteiger partial charge on any atom is 0.228 e. The number of nitrogens with two attached hydrogens (primary N) is 1. The van der Waals surface area contributed by atoms with Crippen molar-refractivity contribution in [1.29, 1.82) is 5.26 Å². The fourth-order valence-corrected chi connectivity index (χ4v) is 2.99. The Hall–Kier alpha value is -2.00. The Bertz CT molecular complexity index is 580. The number of nitriles is 1. The zero-order valence-corrected chi connectivity index (χ0v) is 11.2. The lowest BCUT2D eigenvalue weighted by atomic mass is 10.2. The highest BCUT2D eigenvalue weighted by Crippen LogP contribution is 2.32. The third-order valence-electron chi connectivity index (χ3n) is 2.87. The fraction of sp³-hybridized carbons (Fsp3) is 0.308. The average Bonchev–Trinajstić information content (AvgIpc) is 2.70. The van der Waals surface area contributed by atoms with E-state index in [4.69, 9.17) is 11.0 Å². The number of amides is 1. The maximum absolute atomic E-state index is 12.0. The molecular formula is C13H13N3O2S. The second-order valence-corrected chi connectivity index (χ2v) is 5.80. The van der Waals surface area contributed by atoms with Crippen LogP contribution in [-0.4, -0.2) is 22.8 Å². The third kappa shape index (κ3) is 2.88. The van der Waals surface area contributed by atoms with E-state index < -0.39 is 0 Å². The fourth-order valence-electron chi connectivity index (χ4n) is 2.07. The molecule has 0 aromatic heterocycles. The van der Waals surface area contributed by atoms with Crippen molar-refractivity contribution in [2.24, 2.45) is 0 Å². The molecule has 1 unspecified atom stereocenters. The van der Waals surface area contributed by atoms with Crippen molar-refractivity contribution in [1.82, 2.24) is 0 Å². The summed E-state index contributed by atoms with van der Waals surface area (Å²) in [6.07, 6.45) is 0.320. The normalized spacial score (nSPS) is 18.4. The number of rotatable bonds is 2. The summed E-state index contributed by atoms with van der Waals surface area (Å²) in [4.78, 5) is 24.6. The number of nitrogen functional groups attached to an aromatic ring is 1. The SMILES string of the molecule is CC(=O)SC1CC(=O)N(c2cc(C#N)ccc2N)C1. The molecule has 0 radical (unpaired) electrons. The van der Waals surface area contributed by atoms with Gasteiger partial charge in [-0.1, -0.05) is 11.8 Å². The quantitative estimate of drug-likeness (QED) is 0.827. The van der Waals surface area contributed by atoms with Crippen molar-refractivity contribution in [2.45, 2.75) is 18.6 Å². The van der Waals surface area contributed by atoms with E-state index in [2.05, 4.69) is 0 Å². The summed E-state index contributed by atoms with van der Waals surface area (Å²) in [5.41, 5.74) is 7.32. The van der Waals surface area contributed by atoms with E-state index in [-0.39, 0.29) is 16.3 Å². The van der Waals surface area contributed by atoms with Crippen LogP contribution in [0, 0.1) is 11.3 Å². The van der Waals surface area contributed by atoms with Crippen molar-refractivity contribution < 1.29 is 9.59 Å². The molecule has 2 N–H and O–H groups in total. The van der Waals surface area contributed by atoms with Gasteiger partial charge in [0.05, 0.1) is 23.0 Å². The van der Waals surface area contributed by atoms with Crippen molar-refractivity contribution in [2.75, 3.05) is 17.2 Å². The van der Waals surface area contributed by atoms with Gasteiger partial charge in [-0.2, -0.15) is 5.26 Å². The predicted molar refractivity (Wildman–Crippen MR) is 74.6 cm³/mol. The van der Waals surface area contributed by atoms with Crippen LogP contribution in [0.1, 0.15) is 18.9 Å². The number of nitrogens with zero attached hydrogens (tertiary/aromatic N) is 2. The molecule has 19 heavy (non-hydrogen) atoms. The van der Waals surface area contributed by atoms with Crippen molar-refractivity contribution in [3.63, 3.8) is 0 Å². The van der Waals surface area contributed by atoms with Crippen LogP contribution in [-0.2, 0) is 9.59 Å². The summed E-state index contributed by atoms with van der Waals surface area (Å²) in [7, 11) is 0. The first-order valence-electron chi connectivity index (χ1n) is 5.78. The van der Waals surface area contributed by atoms with Gasteiger partial charge in [-0.05, 0) is 18.2 Å². The van der Waals surface area contributed by atoms with Crippen molar-refractivity contribution in [3.05, 3.63) is 23.8 Å². The Morgan fingerprint density at radius 3 is 2.95 bits per heavy atom. The summed E-state index contributed by atoms with van der Waals surface area (Å²) < 4.78 is 0. The Kier molecular flexibility index (Phi) is 3.76. The highest BCUT2D eigenvalue weighted by molar-refractivity contribution is 8.14.